The van der Waals surface area contributed by atoms with Gasteiger partial charge in [-0.25, -0.2) is 0 Å². The Balaban J connectivity index is 2.31. The van der Waals surface area contributed by atoms with E-state index in [0.717, 1.165) is 25.7 Å². The smallest absolute Gasteiger partial charge is 0.133 e. The van der Waals surface area contributed by atoms with E-state index >= 15 is 0 Å². The highest BCUT2D eigenvalue weighted by Crippen LogP contribution is 2.23. The van der Waals surface area contributed by atoms with Gasteiger partial charge >= 0.3 is 0 Å². The van der Waals surface area contributed by atoms with Crippen LogP contribution in [0.4, 0.5) is 0 Å². The Morgan fingerprint density at radius 2 is 2.50 bits per heavy atom. The molecule has 1 aliphatic carbocycles. The summed E-state index contributed by atoms with van der Waals surface area (Å²) in [5, 5.41) is 0. The van der Waals surface area contributed by atoms with E-state index in [-0.39, 0.29) is 0 Å². The summed E-state index contributed by atoms with van der Waals surface area (Å²) in [5.74, 6) is 1.05. The summed E-state index contributed by atoms with van der Waals surface area (Å²) < 4.78 is 0. The quantitative estimate of drug-likeness (QED) is 0.535. The van der Waals surface area contributed by atoms with E-state index in [0.29, 0.717) is 11.7 Å². The van der Waals surface area contributed by atoms with Crippen LogP contribution >= 0.6 is 0 Å². The lowest BCUT2D eigenvalue weighted by Crippen LogP contribution is -2.13. The zero-order chi connectivity index (χ0) is 7.40. The van der Waals surface area contributed by atoms with Crippen LogP contribution in [-0.4, -0.2) is 5.78 Å². The largest absolute Gasteiger partial charge is 0.300 e. The molecule has 1 nitrogen and oxygen atoms in total. The van der Waals surface area contributed by atoms with Crippen LogP contribution in [0, 0.1) is 5.92 Å². The Morgan fingerprint density at radius 3 is 3.10 bits per heavy atom. The highest BCUT2D eigenvalue weighted by molar-refractivity contribution is 5.79. The highest BCUT2D eigenvalue weighted by Gasteiger charge is 2.17. The van der Waals surface area contributed by atoms with Crippen LogP contribution in [0.3, 0.4) is 0 Å². The fraction of sp³-hybridized carbons (Fsp3) is 0.667. The predicted molar refractivity (Wildman–Crippen MR) is 41.8 cm³/mol. The van der Waals surface area contributed by atoms with Gasteiger partial charge in [0, 0.05) is 12.8 Å². The summed E-state index contributed by atoms with van der Waals surface area (Å²) in [4.78, 5) is 10.9. The van der Waals surface area contributed by atoms with Crippen molar-refractivity contribution in [3.05, 3.63) is 12.7 Å². The Kier molecular flexibility index (Phi) is 2.67. The molecule has 0 spiro atoms. The number of carbonyl (C=O) groups excluding carboxylic acids is 1. The molecule has 0 N–H and O–H groups in total. The number of carbonyl (C=O) groups is 1. The van der Waals surface area contributed by atoms with Crippen LogP contribution in [0.1, 0.15) is 32.1 Å². The fourth-order valence-corrected chi connectivity index (χ4v) is 1.55. The second-order valence-corrected chi connectivity index (χ2v) is 3.03. The third-order valence-corrected chi connectivity index (χ3v) is 2.08. The summed E-state index contributed by atoms with van der Waals surface area (Å²) in [6, 6.07) is 0. The van der Waals surface area contributed by atoms with Gasteiger partial charge in [0.25, 0.3) is 0 Å². The molecule has 1 heteroatoms. The van der Waals surface area contributed by atoms with Crippen LogP contribution in [0.5, 0.6) is 0 Å². The lowest BCUT2D eigenvalue weighted by Gasteiger charge is -2.18. The second-order valence-electron chi connectivity index (χ2n) is 3.03. The first-order valence-corrected chi connectivity index (χ1v) is 3.95. The van der Waals surface area contributed by atoms with Gasteiger partial charge in [0.1, 0.15) is 5.78 Å². The van der Waals surface area contributed by atoms with Crippen molar-refractivity contribution in [3.63, 3.8) is 0 Å². The van der Waals surface area contributed by atoms with Crippen molar-refractivity contribution in [1.82, 2.24) is 0 Å². The molecule has 0 aromatic rings. The van der Waals surface area contributed by atoms with Gasteiger partial charge < -0.3 is 0 Å². The van der Waals surface area contributed by atoms with Gasteiger partial charge in [0.15, 0.2) is 0 Å². The molecule has 1 atom stereocenters. The SMILES string of the molecule is C=CC[C@H]1CCCC(=O)C1. The first kappa shape index (κ1) is 7.52. The highest BCUT2D eigenvalue weighted by atomic mass is 16.1. The van der Waals surface area contributed by atoms with Crippen molar-refractivity contribution < 1.29 is 4.79 Å². The fourth-order valence-electron chi connectivity index (χ4n) is 1.55. The Hall–Kier alpha value is -0.590. The summed E-state index contributed by atoms with van der Waals surface area (Å²) in [6.07, 6.45) is 6.86. The van der Waals surface area contributed by atoms with Crippen LogP contribution in [-0.2, 0) is 4.79 Å². The van der Waals surface area contributed by atoms with Crippen molar-refractivity contribution in [1.29, 1.82) is 0 Å². The average molecular weight is 138 g/mol. The normalized spacial score (nSPS) is 26.4. The third-order valence-electron chi connectivity index (χ3n) is 2.08. The molecule has 0 unspecified atom stereocenters. The van der Waals surface area contributed by atoms with E-state index in [1.54, 1.807) is 0 Å². The van der Waals surface area contributed by atoms with Crippen molar-refractivity contribution in [2.45, 2.75) is 32.1 Å². The maximum absolute atomic E-state index is 10.9. The molecular formula is C9H14O. The van der Waals surface area contributed by atoms with Gasteiger partial charge in [-0.05, 0) is 25.2 Å². The maximum atomic E-state index is 10.9. The molecule has 0 bridgehead atoms. The molecule has 0 heterocycles. The van der Waals surface area contributed by atoms with Crippen LogP contribution in [0.2, 0.25) is 0 Å². The number of ketones is 1. The number of allylic oxidation sites excluding steroid dienone is 1. The summed E-state index contributed by atoms with van der Waals surface area (Å²) in [5.41, 5.74) is 0. The predicted octanol–water partition coefficient (Wildman–Crippen LogP) is 2.32. The maximum Gasteiger partial charge on any atom is 0.133 e. The van der Waals surface area contributed by atoms with E-state index in [1.165, 1.54) is 6.42 Å². The zero-order valence-electron chi connectivity index (χ0n) is 6.31. The van der Waals surface area contributed by atoms with E-state index in [2.05, 4.69) is 6.58 Å². The Morgan fingerprint density at radius 1 is 1.70 bits per heavy atom. The average Bonchev–Trinajstić information content (AvgIpc) is 1.88. The molecule has 1 aliphatic rings. The van der Waals surface area contributed by atoms with Crippen molar-refractivity contribution in [2.75, 3.05) is 0 Å². The number of rotatable bonds is 2. The van der Waals surface area contributed by atoms with Crippen LogP contribution in [0.15, 0.2) is 12.7 Å². The molecule has 1 rings (SSSR count). The van der Waals surface area contributed by atoms with E-state index in [4.69, 9.17) is 0 Å². The van der Waals surface area contributed by atoms with Gasteiger partial charge in [-0.2, -0.15) is 0 Å². The molecular weight excluding hydrogens is 124 g/mol. The molecule has 0 aliphatic heterocycles. The van der Waals surface area contributed by atoms with Gasteiger partial charge in [-0.15, -0.1) is 6.58 Å². The van der Waals surface area contributed by atoms with Gasteiger partial charge in [0.2, 0.25) is 0 Å². The van der Waals surface area contributed by atoms with Crippen molar-refractivity contribution in [2.24, 2.45) is 5.92 Å². The molecule has 1 fully saturated rings. The van der Waals surface area contributed by atoms with Gasteiger partial charge in [-0.3, -0.25) is 4.79 Å². The van der Waals surface area contributed by atoms with Crippen LogP contribution < -0.4 is 0 Å². The minimum Gasteiger partial charge on any atom is -0.300 e. The minimum atomic E-state index is 0.443. The number of hydrogen-bond acceptors (Lipinski definition) is 1. The van der Waals surface area contributed by atoms with Gasteiger partial charge in [-0.1, -0.05) is 6.08 Å². The topological polar surface area (TPSA) is 17.1 Å². The number of hydrogen-bond donors (Lipinski definition) is 0. The van der Waals surface area contributed by atoms with E-state index < -0.39 is 0 Å². The first-order chi connectivity index (χ1) is 4.83. The molecule has 0 radical (unpaired) electrons. The molecule has 56 valence electrons. The minimum absolute atomic E-state index is 0.443. The Bertz CT molecular complexity index is 138. The summed E-state index contributed by atoms with van der Waals surface area (Å²) >= 11 is 0. The third kappa shape index (κ3) is 1.98. The molecule has 0 saturated heterocycles. The van der Waals surface area contributed by atoms with Crippen LogP contribution in [0.25, 0.3) is 0 Å². The zero-order valence-corrected chi connectivity index (χ0v) is 6.31. The van der Waals surface area contributed by atoms with E-state index in [1.807, 2.05) is 6.08 Å². The Labute approximate surface area is 62.1 Å². The lowest BCUT2D eigenvalue weighted by molar-refractivity contribution is -0.121. The summed E-state index contributed by atoms with van der Waals surface area (Å²) in [6.45, 7) is 3.67. The van der Waals surface area contributed by atoms with E-state index in [9.17, 15) is 4.79 Å². The number of Topliss-reactive ketones (excluding diaryl/α,β-unsaturated/α-hetero) is 1. The van der Waals surface area contributed by atoms with Gasteiger partial charge in [0.05, 0.1) is 0 Å². The molecule has 0 aromatic heterocycles. The molecule has 0 aromatic carbocycles. The second kappa shape index (κ2) is 3.55. The monoisotopic (exact) mass is 138 g/mol. The summed E-state index contributed by atoms with van der Waals surface area (Å²) in [7, 11) is 0. The van der Waals surface area contributed by atoms with Crippen molar-refractivity contribution >= 4 is 5.78 Å². The van der Waals surface area contributed by atoms with Crippen molar-refractivity contribution in [3.8, 4) is 0 Å². The molecule has 1 saturated carbocycles. The lowest BCUT2D eigenvalue weighted by atomic mass is 9.86. The first-order valence-electron chi connectivity index (χ1n) is 3.95. The standard InChI is InChI=1S/C9H14O/c1-2-4-8-5-3-6-9(10)7-8/h2,8H,1,3-7H2/t8-/m0/s1. The molecule has 0 amide bonds. The molecule has 10 heavy (non-hydrogen) atoms.